The summed E-state index contributed by atoms with van der Waals surface area (Å²) in [5.41, 5.74) is -0.0531. The molecule has 8 atom stereocenters. The Kier molecular flexibility index (Phi) is 7.27. The van der Waals surface area contributed by atoms with Crippen molar-refractivity contribution in [3.8, 4) is 0 Å². The Labute approximate surface area is 219 Å². The second-order valence-corrected chi connectivity index (χ2v) is 10.9. The van der Waals surface area contributed by atoms with E-state index in [9.17, 15) is 22.8 Å². The maximum absolute atomic E-state index is 13.9. The molecule has 13 heteroatoms. The second-order valence-electron chi connectivity index (χ2n) is 10.9. The molecule has 0 saturated carbocycles. The van der Waals surface area contributed by atoms with Gasteiger partial charge < -0.3 is 19.7 Å². The van der Waals surface area contributed by atoms with Crippen LogP contribution in [0.5, 0.6) is 0 Å². The summed E-state index contributed by atoms with van der Waals surface area (Å²) in [5.74, 6) is -1.27. The number of hydrazone groups is 1. The molecule has 5 rings (SSSR count). The largest absolute Gasteiger partial charge is 0.407 e. The van der Waals surface area contributed by atoms with Gasteiger partial charge >= 0.3 is 6.18 Å². The first-order valence-corrected chi connectivity index (χ1v) is 13.3. The van der Waals surface area contributed by atoms with Crippen LogP contribution >= 0.6 is 0 Å². The summed E-state index contributed by atoms with van der Waals surface area (Å²) < 4.78 is 50.2. The molecule has 1 N–H and O–H groups in total. The molecule has 7 unspecified atom stereocenters. The number of likely N-dealkylation sites (tertiary alicyclic amines) is 1. The topological polar surface area (TPSA) is 108 Å². The Morgan fingerprint density at radius 3 is 2.76 bits per heavy atom. The summed E-state index contributed by atoms with van der Waals surface area (Å²) in [6, 6.07) is -0.773. The van der Waals surface area contributed by atoms with E-state index in [1.54, 1.807) is 4.90 Å². The van der Waals surface area contributed by atoms with Crippen molar-refractivity contribution in [1.82, 2.24) is 15.2 Å². The number of fused-ring (bicyclic) bond motifs is 2. The van der Waals surface area contributed by atoms with Gasteiger partial charge in [0.2, 0.25) is 11.8 Å². The zero-order chi connectivity index (χ0) is 27.2. The van der Waals surface area contributed by atoms with Gasteiger partial charge in [0.15, 0.2) is 6.23 Å². The number of aliphatic imine (C=N–C) groups is 2. The number of nitrogens with zero attached hydrogens (tertiary/aromatic N) is 5. The van der Waals surface area contributed by atoms with Crippen LogP contribution in [0.3, 0.4) is 0 Å². The Hall–Kier alpha value is -2.54. The third-order valence-corrected chi connectivity index (χ3v) is 8.44. The van der Waals surface area contributed by atoms with E-state index in [2.05, 4.69) is 15.4 Å². The number of hydrogen-bond donors (Lipinski definition) is 1. The summed E-state index contributed by atoms with van der Waals surface area (Å²) in [7, 11) is 1.53. The third-order valence-electron chi connectivity index (χ3n) is 8.44. The van der Waals surface area contributed by atoms with Gasteiger partial charge in [-0.05, 0) is 25.7 Å². The minimum absolute atomic E-state index is 0.0211. The molecule has 5 aliphatic rings. The molecule has 1 spiro atoms. The van der Waals surface area contributed by atoms with Crippen LogP contribution < -0.4 is 5.32 Å². The van der Waals surface area contributed by atoms with Crippen molar-refractivity contribution in [2.24, 2.45) is 38.8 Å². The average molecular weight is 541 g/mol. The molecule has 5 aliphatic heterocycles. The normalized spacial score (nSPS) is 38.7. The van der Waals surface area contributed by atoms with Crippen molar-refractivity contribution in [1.29, 1.82) is 0 Å². The third kappa shape index (κ3) is 4.72. The fraction of sp³-hybridized carbons (Fsp3) is 0.800. The van der Waals surface area contributed by atoms with Crippen LogP contribution in [-0.4, -0.2) is 110 Å². The lowest BCUT2D eigenvalue weighted by atomic mass is 9.74. The lowest BCUT2D eigenvalue weighted by molar-refractivity contribution is -0.146. The van der Waals surface area contributed by atoms with Gasteiger partial charge in [-0.2, -0.15) is 18.3 Å². The van der Waals surface area contributed by atoms with Crippen LogP contribution in [0.4, 0.5) is 13.2 Å². The summed E-state index contributed by atoms with van der Waals surface area (Å²) in [6.45, 7) is 3.90. The molecule has 0 radical (unpaired) electrons. The first-order chi connectivity index (χ1) is 18.1. The molecule has 0 aromatic heterocycles. The zero-order valence-electron chi connectivity index (χ0n) is 21.9. The number of carbonyl (C=O) groups is 2. The van der Waals surface area contributed by atoms with Crippen molar-refractivity contribution in [3.63, 3.8) is 0 Å². The van der Waals surface area contributed by atoms with Gasteiger partial charge in [0.1, 0.15) is 12.1 Å². The van der Waals surface area contributed by atoms with Gasteiger partial charge in [-0.15, -0.1) is 0 Å². The molecule has 0 bridgehead atoms. The van der Waals surface area contributed by atoms with Gasteiger partial charge in [-0.1, -0.05) is 6.92 Å². The number of hydrogen-bond acceptors (Lipinski definition) is 8. The Morgan fingerprint density at radius 1 is 1.32 bits per heavy atom. The van der Waals surface area contributed by atoms with Crippen molar-refractivity contribution in [3.05, 3.63) is 0 Å². The van der Waals surface area contributed by atoms with Crippen LogP contribution in [0.25, 0.3) is 0 Å². The molecule has 210 valence electrons. The molecule has 2 amide bonds. The lowest BCUT2D eigenvalue weighted by Gasteiger charge is -2.39. The highest BCUT2D eigenvalue weighted by Gasteiger charge is 2.62. The number of halogens is 3. The molecule has 38 heavy (non-hydrogen) atoms. The molecule has 2 saturated heterocycles. The molecular weight excluding hydrogens is 505 g/mol. The predicted octanol–water partition coefficient (Wildman–Crippen LogP) is 1.50. The van der Waals surface area contributed by atoms with Crippen LogP contribution in [-0.2, 0) is 19.1 Å². The SMILES string of the molecule is CCNC(=O)C1CC(C2CC(C)C3C(=O)N(C4C=NN(CC(F)(F)F)C4)[C@@]4(CCOC4)C3=N2)C=NC1OC. The van der Waals surface area contributed by atoms with Crippen molar-refractivity contribution in [2.45, 2.75) is 63.1 Å². The van der Waals surface area contributed by atoms with Crippen LogP contribution in [0.2, 0.25) is 0 Å². The molecule has 10 nitrogen and oxygen atoms in total. The summed E-state index contributed by atoms with van der Waals surface area (Å²) in [4.78, 5) is 38.0. The first-order valence-electron chi connectivity index (χ1n) is 13.3. The van der Waals surface area contributed by atoms with E-state index in [4.69, 9.17) is 14.5 Å². The van der Waals surface area contributed by atoms with Gasteiger partial charge in [0.05, 0.1) is 42.8 Å². The molecule has 0 aromatic carbocycles. The average Bonchev–Trinajstić information content (AvgIpc) is 3.58. The highest BCUT2D eigenvalue weighted by molar-refractivity contribution is 6.17. The second kappa shape index (κ2) is 10.2. The molecule has 0 aromatic rings. The Morgan fingerprint density at radius 2 is 2.11 bits per heavy atom. The van der Waals surface area contributed by atoms with Gasteiger partial charge in [-0.3, -0.25) is 24.6 Å². The molecule has 5 heterocycles. The molecule has 2 fully saturated rings. The fourth-order valence-corrected chi connectivity index (χ4v) is 6.79. The van der Waals surface area contributed by atoms with E-state index in [1.165, 1.54) is 13.3 Å². The van der Waals surface area contributed by atoms with Crippen molar-refractivity contribution < 1.29 is 32.2 Å². The van der Waals surface area contributed by atoms with E-state index in [1.807, 2.05) is 20.1 Å². The van der Waals surface area contributed by atoms with E-state index in [0.717, 1.165) is 10.7 Å². The standard InChI is InChI=1S/C25H35F3N6O4/c1-4-29-21(35)17-8-15(9-30-22(17)37-3)18-7-14(2)19-20(32-18)24(5-6-38-13-24)34(23(19)36)16-10-31-33(11-16)12-25(26,27)28/h9-10,14-19,22H,4-8,11-13H2,1-3H3,(H,29,35)/t14?,15?,16?,17?,18?,19?,22?,24-/m1/s1. The predicted molar refractivity (Wildman–Crippen MR) is 133 cm³/mol. The van der Waals surface area contributed by atoms with E-state index >= 15 is 0 Å². The summed E-state index contributed by atoms with van der Waals surface area (Å²) in [5, 5.41) is 7.79. The van der Waals surface area contributed by atoms with E-state index in [0.29, 0.717) is 32.4 Å². The maximum atomic E-state index is 13.9. The Balaban J connectivity index is 1.43. The van der Waals surface area contributed by atoms with Crippen LogP contribution in [0.15, 0.2) is 15.1 Å². The number of alkyl halides is 3. The van der Waals surface area contributed by atoms with E-state index in [-0.39, 0.29) is 42.8 Å². The van der Waals surface area contributed by atoms with E-state index < -0.39 is 42.4 Å². The molecule has 0 aliphatic carbocycles. The van der Waals surface area contributed by atoms with Crippen molar-refractivity contribution >= 4 is 30.0 Å². The number of ether oxygens (including phenoxy) is 2. The minimum Gasteiger partial charge on any atom is -0.378 e. The van der Waals surface area contributed by atoms with Gasteiger partial charge in [-0.25, -0.2) is 0 Å². The number of rotatable bonds is 6. The summed E-state index contributed by atoms with van der Waals surface area (Å²) in [6.07, 6.45) is 0.0258. The van der Waals surface area contributed by atoms with Crippen LogP contribution in [0.1, 0.15) is 33.1 Å². The highest BCUT2D eigenvalue weighted by Crippen LogP contribution is 2.47. The molecular formula is C25H35F3N6O4. The summed E-state index contributed by atoms with van der Waals surface area (Å²) >= 11 is 0. The first kappa shape index (κ1) is 27.0. The number of amides is 2. The maximum Gasteiger partial charge on any atom is 0.407 e. The van der Waals surface area contributed by atoms with Gasteiger partial charge in [0, 0.05) is 45.0 Å². The number of methoxy groups -OCH3 is 1. The lowest BCUT2D eigenvalue weighted by Crippen LogP contribution is -2.57. The Bertz CT molecular complexity index is 1030. The minimum atomic E-state index is -4.38. The number of carbonyl (C=O) groups excluding carboxylic acids is 2. The quantitative estimate of drug-likeness (QED) is 0.550. The van der Waals surface area contributed by atoms with Crippen LogP contribution in [0, 0.1) is 23.7 Å². The zero-order valence-corrected chi connectivity index (χ0v) is 21.9. The monoisotopic (exact) mass is 540 g/mol. The van der Waals surface area contributed by atoms with Crippen molar-refractivity contribution in [2.75, 3.05) is 40.0 Å². The fourth-order valence-electron chi connectivity index (χ4n) is 6.79. The smallest absolute Gasteiger partial charge is 0.378 e. The number of nitrogens with one attached hydrogen (secondary N) is 1. The van der Waals surface area contributed by atoms with Gasteiger partial charge in [0.25, 0.3) is 0 Å². The highest BCUT2D eigenvalue weighted by atomic mass is 19.4.